The number of halogens is 1. The molecule has 0 aliphatic heterocycles. The van der Waals surface area contributed by atoms with Gasteiger partial charge in [0.1, 0.15) is 0 Å². The van der Waals surface area contributed by atoms with Crippen LogP contribution in [0.25, 0.3) is 0 Å². The molecule has 5 heteroatoms. The van der Waals surface area contributed by atoms with E-state index in [1.807, 2.05) is 14.1 Å². The molecule has 13 heavy (non-hydrogen) atoms. The molecule has 0 bridgehead atoms. The number of nitrogens with two attached hydrogens (primary N) is 1. The number of amides is 1. The first-order valence-corrected chi connectivity index (χ1v) is 4.22. The Morgan fingerprint density at radius 1 is 1.54 bits per heavy atom. The van der Waals surface area contributed by atoms with Gasteiger partial charge in [-0.25, -0.2) is 0 Å². The fourth-order valence-corrected chi connectivity index (χ4v) is 0.768. The molecule has 4 nitrogen and oxygen atoms in total. The number of carbonyl (C=O) groups is 1. The minimum Gasteiger partial charge on any atom is -0.355 e. The second kappa shape index (κ2) is 8.29. The van der Waals surface area contributed by atoms with E-state index in [4.69, 9.17) is 5.73 Å². The predicted octanol–water partition coefficient (Wildman–Crippen LogP) is -0.177. The lowest BCUT2D eigenvalue weighted by molar-refractivity contribution is -0.121. The highest BCUT2D eigenvalue weighted by Gasteiger charge is 2.04. The lowest BCUT2D eigenvalue weighted by Crippen LogP contribution is -2.39. The second-order valence-corrected chi connectivity index (χ2v) is 3.24. The molecular formula is C8H20ClN3O. The molecule has 0 aromatic carbocycles. The molecule has 0 aromatic rings. The number of hydrogen-bond donors (Lipinski definition) is 2. The van der Waals surface area contributed by atoms with Gasteiger partial charge in [-0.15, -0.1) is 12.4 Å². The Balaban J connectivity index is 0. The Morgan fingerprint density at radius 3 is 2.46 bits per heavy atom. The molecule has 0 saturated heterocycles. The van der Waals surface area contributed by atoms with Gasteiger partial charge in [0.05, 0.1) is 6.04 Å². The molecule has 1 amide bonds. The van der Waals surface area contributed by atoms with E-state index in [9.17, 15) is 4.79 Å². The van der Waals surface area contributed by atoms with Crippen molar-refractivity contribution in [3.63, 3.8) is 0 Å². The van der Waals surface area contributed by atoms with Crippen LogP contribution in [0, 0.1) is 0 Å². The molecule has 0 aliphatic carbocycles. The minimum absolute atomic E-state index is 0. The van der Waals surface area contributed by atoms with Crippen LogP contribution in [0.15, 0.2) is 0 Å². The summed E-state index contributed by atoms with van der Waals surface area (Å²) in [6.45, 7) is 3.37. The van der Waals surface area contributed by atoms with Gasteiger partial charge in [-0.1, -0.05) is 0 Å². The Hall–Kier alpha value is -0.320. The number of rotatable bonds is 5. The topological polar surface area (TPSA) is 58.4 Å². The van der Waals surface area contributed by atoms with E-state index < -0.39 is 6.04 Å². The number of hydrogen-bond acceptors (Lipinski definition) is 3. The minimum atomic E-state index is -0.399. The summed E-state index contributed by atoms with van der Waals surface area (Å²) in [4.78, 5) is 13.0. The van der Waals surface area contributed by atoms with Crippen LogP contribution in [0.3, 0.4) is 0 Å². The molecule has 0 aromatic heterocycles. The molecule has 0 unspecified atom stereocenters. The van der Waals surface area contributed by atoms with Gasteiger partial charge in [0, 0.05) is 6.54 Å². The van der Waals surface area contributed by atoms with E-state index in [0.29, 0.717) is 6.54 Å². The third-order valence-electron chi connectivity index (χ3n) is 1.49. The summed E-state index contributed by atoms with van der Waals surface area (Å²) in [5.74, 6) is -0.0752. The summed E-state index contributed by atoms with van der Waals surface area (Å²) in [6.07, 6.45) is 0.964. The van der Waals surface area contributed by atoms with Crippen molar-refractivity contribution in [1.82, 2.24) is 10.2 Å². The molecule has 0 saturated carbocycles. The second-order valence-electron chi connectivity index (χ2n) is 3.24. The average molecular weight is 210 g/mol. The Morgan fingerprint density at radius 2 is 2.08 bits per heavy atom. The van der Waals surface area contributed by atoms with Crippen LogP contribution in [0.1, 0.15) is 13.3 Å². The molecule has 80 valence electrons. The van der Waals surface area contributed by atoms with Gasteiger partial charge in [-0.2, -0.15) is 0 Å². The highest BCUT2D eigenvalue weighted by atomic mass is 35.5. The molecule has 0 spiro atoms. The first kappa shape index (κ1) is 15.2. The van der Waals surface area contributed by atoms with E-state index in [2.05, 4.69) is 10.2 Å². The summed E-state index contributed by atoms with van der Waals surface area (Å²) >= 11 is 0. The Labute approximate surface area is 86.3 Å². The molecule has 3 N–H and O–H groups in total. The lowest BCUT2D eigenvalue weighted by Gasteiger charge is -2.10. The van der Waals surface area contributed by atoms with Crippen molar-refractivity contribution in [3.05, 3.63) is 0 Å². The zero-order valence-electron chi connectivity index (χ0n) is 8.54. The van der Waals surface area contributed by atoms with Crippen molar-refractivity contribution >= 4 is 18.3 Å². The van der Waals surface area contributed by atoms with Crippen molar-refractivity contribution in [3.8, 4) is 0 Å². The number of carbonyl (C=O) groups excluding carboxylic acids is 1. The molecule has 0 heterocycles. The normalized spacial score (nSPS) is 12.1. The first-order chi connectivity index (χ1) is 5.54. The summed E-state index contributed by atoms with van der Waals surface area (Å²) < 4.78 is 0. The zero-order valence-corrected chi connectivity index (χ0v) is 9.36. The monoisotopic (exact) mass is 209 g/mol. The fourth-order valence-electron chi connectivity index (χ4n) is 0.768. The smallest absolute Gasteiger partial charge is 0.236 e. The van der Waals surface area contributed by atoms with Gasteiger partial charge in [-0.3, -0.25) is 4.79 Å². The maximum atomic E-state index is 10.9. The quantitative estimate of drug-likeness (QED) is 0.618. The summed E-state index contributed by atoms with van der Waals surface area (Å²) in [5.41, 5.74) is 5.36. The van der Waals surface area contributed by atoms with Crippen LogP contribution in [-0.4, -0.2) is 44.0 Å². The highest BCUT2D eigenvalue weighted by molar-refractivity contribution is 5.85. The van der Waals surface area contributed by atoms with Crippen LogP contribution in [0.5, 0.6) is 0 Å². The van der Waals surface area contributed by atoms with E-state index in [1.54, 1.807) is 6.92 Å². The van der Waals surface area contributed by atoms with E-state index >= 15 is 0 Å². The van der Waals surface area contributed by atoms with E-state index in [1.165, 1.54) is 0 Å². The van der Waals surface area contributed by atoms with Gasteiger partial charge < -0.3 is 16.0 Å². The summed E-state index contributed by atoms with van der Waals surface area (Å²) in [5, 5.41) is 2.75. The van der Waals surface area contributed by atoms with Crippen molar-refractivity contribution in [1.29, 1.82) is 0 Å². The zero-order chi connectivity index (χ0) is 9.56. The van der Waals surface area contributed by atoms with Gasteiger partial charge in [0.2, 0.25) is 5.91 Å². The number of nitrogens with one attached hydrogen (secondary N) is 1. The fraction of sp³-hybridized carbons (Fsp3) is 0.875. The third-order valence-corrected chi connectivity index (χ3v) is 1.49. The van der Waals surface area contributed by atoms with Crippen molar-refractivity contribution < 1.29 is 4.79 Å². The van der Waals surface area contributed by atoms with Crippen molar-refractivity contribution in [2.24, 2.45) is 5.73 Å². The standard InChI is InChI=1S/C8H19N3O.ClH/c1-7(9)8(12)10-5-4-6-11(2)3;/h7H,4-6,9H2,1-3H3,(H,10,12);1H/t7-;/m1./s1. The van der Waals surface area contributed by atoms with Crippen LogP contribution in [0.2, 0.25) is 0 Å². The van der Waals surface area contributed by atoms with Gasteiger partial charge in [0.25, 0.3) is 0 Å². The SMILES string of the molecule is C[C@@H](N)C(=O)NCCCN(C)C.Cl. The van der Waals surface area contributed by atoms with Gasteiger partial charge in [-0.05, 0) is 34.0 Å². The lowest BCUT2D eigenvalue weighted by atomic mass is 10.3. The summed E-state index contributed by atoms with van der Waals surface area (Å²) in [7, 11) is 4.01. The van der Waals surface area contributed by atoms with Crippen LogP contribution in [0.4, 0.5) is 0 Å². The van der Waals surface area contributed by atoms with Gasteiger partial charge >= 0.3 is 0 Å². The Bertz CT molecular complexity index is 139. The molecule has 0 rings (SSSR count). The number of nitrogens with zero attached hydrogens (tertiary/aromatic N) is 1. The van der Waals surface area contributed by atoms with Crippen LogP contribution < -0.4 is 11.1 Å². The highest BCUT2D eigenvalue weighted by Crippen LogP contribution is 1.81. The van der Waals surface area contributed by atoms with Crippen LogP contribution >= 0.6 is 12.4 Å². The van der Waals surface area contributed by atoms with E-state index in [-0.39, 0.29) is 18.3 Å². The molecule has 1 atom stereocenters. The Kier molecular flexibility index (Phi) is 9.67. The van der Waals surface area contributed by atoms with Crippen molar-refractivity contribution in [2.75, 3.05) is 27.2 Å². The average Bonchev–Trinajstić information content (AvgIpc) is 1.97. The van der Waals surface area contributed by atoms with Gasteiger partial charge in [0.15, 0.2) is 0 Å². The molecular weight excluding hydrogens is 190 g/mol. The van der Waals surface area contributed by atoms with Crippen LogP contribution in [-0.2, 0) is 4.79 Å². The summed E-state index contributed by atoms with van der Waals surface area (Å²) in [6, 6.07) is -0.399. The molecule has 0 fully saturated rings. The first-order valence-electron chi connectivity index (χ1n) is 4.22. The third kappa shape index (κ3) is 9.60. The van der Waals surface area contributed by atoms with Crippen molar-refractivity contribution in [2.45, 2.75) is 19.4 Å². The predicted molar refractivity (Wildman–Crippen MR) is 57.1 cm³/mol. The largest absolute Gasteiger partial charge is 0.355 e. The maximum Gasteiger partial charge on any atom is 0.236 e. The van der Waals surface area contributed by atoms with E-state index in [0.717, 1.165) is 13.0 Å². The maximum absolute atomic E-state index is 10.9. The molecule has 0 radical (unpaired) electrons. The molecule has 0 aliphatic rings.